The van der Waals surface area contributed by atoms with E-state index in [1.165, 1.54) is 14.0 Å². The number of hydrogen-bond donors (Lipinski definition) is 1. The number of carbonyl (C=O) groups excluding carboxylic acids is 2. The minimum Gasteiger partial charge on any atom is -0.489 e. The number of hydrogen-bond acceptors (Lipinski definition) is 5. The van der Waals surface area contributed by atoms with Crippen molar-refractivity contribution >= 4 is 24.2 Å². The first-order valence-corrected chi connectivity index (χ1v) is 6.19. The molecule has 0 saturated carbocycles. The van der Waals surface area contributed by atoms with E-state index >= 15 is 0 Å². The summed E-state index contributed by atoms with van der Waals surface area (Å²) in [5.74, 6) is 0.459. The first-order chi connectivity index (χ1) is 9.10. The number of carbonyl (C=O) groups is 2. The molecule has 1 aromatic rings. The van der Waals surface area contributed by atoms with Crippen molar-refractivity contribution in [2.75, 3.05) is 13.7 Å². The number of rotatable bonds is 4. The second-order valence-electron chi connectivity index (χ2n) is 4.54. The molecule has 2 rings (SSSR count). The van der Waals surface area contributed by atoms with E-state index in [4.69, 9.17) is 4.74 Å². The van der Waals surface area contributed by atoms with E-state index in [0.29, 0.717) is 24.3 Å². The molecule has 110 valence electrons. The normalized spacial score (nSPS) is 20.9. The van der Waals surface area contributed by atoms with Gasteiger partial charge in [0.2, 0.25) is 0 Å². The first-order valence-electron chi connectivity index (χ1n) is 6.19. The molecule has 1 N–H and O–H groups in total. The maximum Gasteiger partial charge on any atom is 0.323 e. The van der Waals surface area contributed by atoms with Crippen LogP contribution >= 0.6 is 12.4 Å². The van der Waals surface area contributed by atoms with Gasteiger partial charge in [0.25, 0.3) is 0 Å². The van der Waals surface area contributed by atoms with Crippen molar-refractivity contribution in [2.45, 2.75) is 25.5 Å². The fourth-order valence-electron chi connectivity index (χ4n) is 2.08. The average Bonchev–Trinajstić information content (AvgIpc) is 2.87. The number of halogens is 1. The average molecular weight is 300 g/mol. The quantitative estimate of drug-likeness (QED) is 0.676. The predicted molar refractivity (Wildman–Crippen MR) is 76.5 cm³/mol. The lowest BCUT2D eigenvalue weighted by atomic mass is 10.1. The number of methoxy groups -OCH3 is 1. The van der Waals surface area contributed by atoms with Gasteiger partial charge in [-0.3, -0.25) is 9.59 Å². The van der Waals surface area contributed by atoms with Crippen LogP contribution < -0.4 is 10.1 Å². The van der Waals surface area contributed by atoms with Crippen LogP contribution in [-0.4, -0.2) is 37.6 Å². The molecule has 1 aromatic carbocycles. The molecule has 1 heterocycles. The molecule has 2 atom stereocenters. The lowest BCUT2D eigenvalue weighted by Crippen LogP contribution is -2.31. The topological polar surface area (TPSA) is 64.6 Å². The molecule has 1 aliphatic heterocycles. The summed E-state index contributed by atoms with van der Waals surface area (Å²) in [7, 11) is 1.37. The molecule has 0 unspecified atom stereocenters. The molecule has 0 bridgehead atoms. The number of ether oxygens (including phenoxy) is 2. The van der Waals surface area contributed by atoms with Gasteiger partial charge in [-0.2, -0.15) is 0 Å². The summed E-state index contributed by atoms with van der Waals surface area (Å²) in [6.07, 6.45) is 0.522. The zero-order valence-electron chi connectivity index (χ0n) is 11.4. The molecule has 5 nitrogen and oxygen atoms in total. The summed E-state index contributed by atoms with van der Waals surface area (Å²) >= 11 is 0. The molecule has 0 aromatic heterocycles. The van der Waals surface area contributed by atoms with Crippen LogP contribution in [0, 0.1) is 0 Å². The third-order valence-corrected chi connectivity index (χ3v) is 3.14. The third kappa shape index (κ3) is 3.95. The summed E-state index contributed by atoms with van der Waals surface area (Å²) in [4.78, 5) is 22.5. The molecule has 0 aliphatic carbocycles. The van der Waals surface area contributed by atoms with Gasteiger partial charge >= 0.3 is 5.97 Å². The zero-order chi connectivity index (χ0) is 13.8. The van der Waals surface area contributed by atoms with Crippen LogP contribution in [0.1, 0.15) is 23.7 Å². The lowest BCUT2D eigenvalue weighted by Gasteiger charge is -2.12. The Hall–Kier alpha value is -1.59. The largest absolute Gasteiger partial charge is 0.489 e. The summed E-state index contributed by atoms with van der Waals surface area (Å²) in [5, 5.41) is 3.05. The van der Waals surface area contributed by atoms with Crippen LogP contribution in [0.15, 0.2) is 24.3 Å². The highest BCUT2D eigenvalue weighted by atomic mass is 35.5. The van der Waals surface area contributed by atoms with Crippen LogP contribution in [0.4, 0.5) is 0 Å². The van der Waals surface area contributed by atoms with Crippen molar-refractivity contribution in [3.8, 4) is 5.75 Å². The Bertz CT molecular complexity index is 475. The molecule has 20 heavy (non-hydrogen) atoms. The van der Waals surface area contributed by atoms with Gasteiger partial charge in [0.1, 0.15) is 17.9 Å². The molecular formula is C14H18ClNO4. The lowest BCUT2D eigenvalue weighted by molar-refractivity contribution is -0.142. The third-order valence-electron chi connectivity index (χ3n) is 3.14. The molecule has 1 aliphatic rings. The van der Waals surface area contributed by atoms with Gasteiger partial charge in [-0.25, -0.2) is 0 Å². The Morgan fingerprint density at radius 1 is 1.25 bits per heavy atom. The Balaban J connectivity index is 0.00000200. The van der Waals surface area contributed by atoms with Gasteiger partial charge in [-0.15, -0.1) is 12.4 Å². The molecule has 0 radical (unpaired) electrons. The summed E-state index contributed by atoms with van der Waals surface area (Å²) in [6.45, 7) is 2.13. The number of benzene rings is 1. The van der Waals surface area contributed by atoms with Gasteiger partial charge < -0.3 is 14.8 Å². The molecule has 6 heteroatoms. The molecule has 0 spiro atoms. The number of esters is 1. The summed E-state index contributed by atoms with van der Waals surface area (Å²) in [5.41, 5.74) is 0.657. The fraction of sp³-hybridized carbons (Fsp3) is 0.429. The van der Waals surface area contributed by atoms with Crippen LogP contribution in [-0.2, 0) is 9.53 Å². The second kappa shape index (κ2) is 7.26. The second-order valence-corrected chi connectivity index (χ2v) is 4.54. The van der Waals surface area contributed by atoms with Gasteiger partial charge in [0.05, 0.1) is 7.11 Å². The van der Waals surface area contributed by atoms with E-state index in [9.17, 15) is 9.59 Å². The molecular weight excluding hydrogens is 282 g/mol. The minimum atomic E-state index is -0.300. The monoisotopic (exact) mass is 299 g/mol. The van der Waals surface area contributed by atoms with Crippen LogP contribution in [0.3, 0.4) is 0 Å². The van der Waals surface area contributed by atoms with Crippen molar-refractivity contribution in [1.82, 2.24) is 5.32 Å². The SMILES string of the molecule is COC(=O)[C@@H]1C[C@H](Oc2ccc(C(C)=O)cc2)CN1.Cl. The van der Waals surface area contributed by atoms with E-state index in [2.05, 4.69) is 10.1 Å². The summed E-state index contributed by atoms with van der Waals surface area (Å²) < 4.78 is 10.4. The van der Waals surface area contributed by atoms with Crippen molar-refractivity contribution in [3.05, 3.63) is 29.8 Å². The number of Topliss-reactive ketones (excluding diaryl/α,β-unsaturated/α-hetero) is 1. The van der Waals surface area contributed by atoms with Gasteiger partial charge in [-0.1, -0.05) is 0 Å². The van der Waals surface area contributed by atoms with Crippen molar-refractivity contribution in [3.63, 3.8) is 0 Å². The van der Waals surface area contributed by atoms with E-state index in [-0.39, 0.29) is 36.3 Å². The summed E-state index contributed by atoms with van der Waals surface area (Å²) in [6, 6.07) is 6.70. The Labute approximate surface area is 124 Å². The van der Waals surface area contributed by atoms with E-state index in [0.717, 1.165) is 0 Å². The Kier molecular flexibility index (Phi) is 5.98. The van der Waals surface area contributed by atoms with E-state index in [1.54, 1.807) is 24.3 Å². The van der Waals surface area contributed by atoms with Crippen LogP contribution in [0.5, 0.6) is 5.75 Å². The Morgan fingerprint density at radius 2 is 1.90 bits per heavy atom. The number of nitrogens with one attached hydrogen (secondary N) is 1. The van der Waals surface area contributed by atoms with Crippen LogP contribution in [0.2, 0.25) is 0 Å². The predicted octanol–water partition coefficient (Wildman–Crippen LogP) is 1.59. The van der Waals surface area contributed by atoms with E-state index in [1.807, 2.05) is 0 Å². The van der Waals surface area contributed by atoms with Gasteiger partial charge in [0, 0.05) is 18.5 Å². The highest BCUT2D eigenvalue weighted by Gasteiger charge is 2.31. The highest BCUT2D eigenvalue weighted by molar-refractivity contribution is 5.94. The zero-order valence-corrected chi connectivity index (χ0v) is 12.2. The maximum absolute atomic E-state index is 11.4. The highest BCUT2D eigenvalue weighted by Crippen LogP contribution is 2.18. The van der Waals surface area contributed by atoms with Gasteiger partial charge in [0.15, 0.2) is 5.78 Å². The fourth-order valence-corrected chi connectivity index (χ4v) is 2.08. The maximum atomic E-state index is 11.4. The first kappa shape index (κ1) is 16.5. The van der Waals surface area contributed by atoms with Crippen LogP contribution in [0.25, 0.3) is 0 Å². The molecule has 1 fully saturated rings. The Morgan fingerprint density at radius 3 is 2.45 bits per heavy atom. The van der Waals surface area contributed by atoms with Gasteiger partial charge in [-0.05, 0) is 31.2 Å². The minimum absolute atomic E-state index is 0. The molecule has 0 amide bonds. The standard InChI is InChI=1S/C14H17NO4.ClH/c1-9(16)10-3-5-11(6-4-10)19-12-7-13(15-8-12)14(17)18-2;/h3-6,12-13,15H,7-8H2,1-2H3;1H/t12-,13-;/m0./s1. The van der Waals surface area contributed by atoms with Crippen molar-refractivity contribution < 1.29 is 19.1 Å². The smallest absolute Gasteiger partial charge is 0.323 e. The molecule has 1 saturated heterocycles. The van der Waals surface area contributed by atoms with E-state index < -0.39 is 0 Å². The van der Waals surface area contributed by atoms with Crippen molar-refractivity contribution in [1.29, 1.82) is 0 Å². The van der Waals surface area contributed by atoms with Crippen molar-refractivity contribution in [2.24, 2.45) is 0 Å². The number of ketones is 1.